The number of benzene rings is 2. The number of carbonyl (C=O) groups is 1. The molecule has 2 aromatic carbocycles. The quantitative estimate of drug-likeness (QED) is 0.272. The van der Waals surface area contributed by atoms with E-state index < -0.39 is 0 Å². The molecule has 0 saturated carbocycles. The van der Waals surface area contributed by atoms with Crippen molar-refractivity contribution in [3.05, 3.63) is 82.0 Å². The van der Waals surface area contributed by atoms with Gasteiger partial charge in [0, 0.05) is 25.8 Å². The Morgan fingerprint density at radius 1 is 1.03 bits per heavy atom. The molecule has 1 saturated heterocycles. The third-order valence-electron chi connectivity index (χ3n) is 7.61. The Morgan fingerprint density at radius 3 is 2.35 bits per heavy atom. The minimum Gasteiger partial charge on any atom is -0.338 e. The fraction of sp³-hybridized carbons (Fsp3) is 0.387. The SMILES string of the molecule is Cc1nc(N(C)c2ccc(C(C)C)cc2)c2c(C)c(C(=O)N3CCC(Cc4ccccc4)CC3)sc2n1. The number of amides is 1. The van der Waals surface area contributed by atoms with Crippen LogP contribution >= 0.6 is 11.3 Å². The zero-order chi connectivity index (χ0) is 26.1. The van der Waals surface area contributed by atoms with Gasteiger partial charge in [-0.15, -0.1) is 11.3 Å². The molecule has 3 heterocycles. The van der Waals surface area contributed by atoms with Crippen molar-refractivity contribution in [2.45, 2.75) is 52.9 Å². The lowest BCUT2D eigenvalue weighted by Gasteiger charge is -2.32. The number of nitrogens with zero attached hydrogens (tertiary/aromatic N) is 4. The molecule has 6 heteroatoms. The Kier molecular flexibility index (Phi) is 7.29. The maximum atomic E-state index is 13.7. The lowest BCUT2D eigenvalue weighted by Crippen LogP contribution is -2.38. The van der Waals surface area contributed by atoms with Crippen molar-refractivity contribution in [2.75, 3.05) is 25.0 Å². The second-order valence-electron chi connectivity index (χ2n) is 10.6. The van der Waals surface area contributed by atoms with E-state index >= 15 is 0 Å². The lowest BCUT2D eigenvalue weighted by atomic mass is 9.90. The van der Waals surface area contributed by atoms with Crippen LogP contribution in [-0.4, -0.2) is 40.9 Å². The first-order valence-electron chi connectivity index (χ1n) is 13.3. The number of likely N-dealkylation sites (tertiary alicyclic amines) is 1. The van der Waals surface area contributed by atoms with Crippen molar-refractivity contribution >= 4 is 39.0 Å². The molecule has 1 fully saturated rings. The van der Waals surface area contributed by atoms with Crippen molar-refractivity contribution in [3.8, 4) is 0 Å². The predicted octanol–water partition coefficient (Wildman–Crippen LogP) is 7.29. The van der Waals surface area contributed by atoms with E-state index in [0.29, 0.717) is 11.8 Å². The molecule has 1 aliphatic rings. The monoisotopic (exact) mass is 512 g/mol. The van der Waals surface area contributed by atoms with Gasteiger partial charge in [-0.1, -0.05) is 56.3 Å². The average molecular weight is 513 g/mol. The van der Waals surface area contributed by atoms with Crippen molar-refractivity contribution in [1.29, 1.82) is 0 Å². The number of rotatable bonds is 6. The molecule has 0 bridgehead atoms. The van der Waals surface area contributed by atoms with E-state index in [4.69, 9.17) is 9.97 Å². The highest BCUT2D eigenvalue weighted by atomic mass is 32.1. The molecule has 0 spiro atoms. The summed E-state index contributed by atoms with van der Waals surface area (Å²) in [6.07, 6.45) is 3.18. The van der Waals surface area contributed by atoms with Gasteiger partial charge in [-0.2, -0.15) is 0 Å². The number of anilines is 2. The summed E-state index contributed by atoms with van der Waals surface area (Å²) in [5.41, 5.74) is 4.75. The van der Waals surface area contributed by atoms with Crippen LogP contribution in [-0.2, 0) is 6.42 Å². The lowest BCUT2D eigenvalue weighted by molar-refractivity contribution is 0.0695. The van der Waals surface area contributed by atoms with Gasteiger partial charge in [0.15, 0.2) is 0 Å². The van der Waals surface area contributed by atoms with Gasteiger partial charge < -0.3 is 9.80 Å². The van der Waals surface area contributed by atoms with Gasteiger partial charge in [0.2, 0.25) is 0 Å². The van der Waals surface area contributed by atoms with Crippen LogP contribution in [0.4, 0.5) is 11.5 Å². The van der Waals surface area contributed by atoms with Gasteiger partial charge in [0.25, 0.3) is 5.91 Å². The summed E-state index contributed by atoms with van der Waals surface area (Å²) in [6.45, 7) is 10.00. The van der Waals surface area contributed by atoms with Crippen LogP contribution in [0, 0.1) is 19.8 Å². The van der Waals surface area contributed by atoms with E-state index in [1.165, 1.54) is 22.5 Å². The summed E-state index contributed by atoms with van der Waals surface area (Å²) in [4.78, 5) is 29.0. The van der Waals surface area contributed by atoms with Crippen LogP contribution in [0.25, 0.3) is 10.2 Å². The van der Waals surface area contributed by atoms with Crippen LogP contribution in [0.2, 0.25) is 0 Å². The highest BCUT2D eigenvalue weighted by Crippen LogP contribution is 2.38. The van der Waals surface area contributed by atoms with Gasteiger partial charge in [0.1, 0.15) is 16.5 Å². The minimum atomic E-state index is 0.131. The Hall–Kier alpha value is -3.25. The maximum Gasteiger partial charge on any atom is 0.264 e. The fourth-order valence-corrected chi connectivity index (χ4v) is 6.49. The van der Waals surface area contributed by atoms with E-state index in [2.05, 4.69) is 73.3 Å². The number of aryl methyl sites for hydroxylation is 2. The van der Waals surface area contributed by atoms with Crippen LogP contribution in [0.5, 0.6) is 0 Å². The number of carbonyl (C=O) groups excluding carboxylic acids is 1. The normalized spacial score (nSPS) is 14.5. The molecule has 37 heavy (non-hydrogen) atoms. The van der Waals surface area contributed by atoms with Gasteiger partial charge in [-0.3, -0.25) is 4.79 Å². The van der Waals surface area contributed by atoms with Gasteiger partial charge in [0.05, 0.1) is 10.3 Å². The molecule has 1 aliphatic heterocycles. The molecular weight excluding hydrogens is 476 g/mol. The number of hydrogen-bond acceptors (Lipinski definition) is 5. The first-order valence-corrected chi connectivity index (χ1v) is 14.1. The van der Waals surface area contributed by atoms with Crippen molar-refractivity contribution in [1.82, 2.24) is 14.9 Å². The molecule has 0 radical (unpaired) electrons. The molecule has 5 rings (SSSR count). The van der Waals surface area contributed by atoms with Crippen LogP contribution in [0.3, 0.4) is 0 Å². The Balaban J connectivity index is 1.38. The number of thiophene rings is 1. The molecule has 2 aromatic heterocycles. The van der Waals surface area contributed by atoms with Crippen molar-refractivity contribution in [2.24, 2.45) is 5.92 Å². The molecule has 0 aliphatic carbocycles. The minimum absolute atomic E-state index is 0.131. The summed E-state index contributed by atoms with van der Waals surface area (Å²) >= 11 is 1.51. The van der Waals surface area contributed by atoms with Gasteiger partial charge in [-0.25, -0.2) is 9.97 Å². The molecule has 1 amide bonds. The number of hydrogen-bond donors (Lipinski definition) is 0. The number of piperidine rings is 1. The maximum absolute atomic E-state index is 13.7. The Morgan fingerprint density at radius 2 is 1.70 bits per heavy atom. The highest BCUT2D eigenvalue weighted by Gasteiger charge is 2.28. The van der Waals surface area contributed by atoms with Crippen LogP contribution in [0.1, 0.15) is 64.8 Å². The largest absolute Gasteiger partial charge is 0.338 e. The van der Waals surface area contributed by atoms with E-state index in [1.54, 1.807) is 0 Å². The van der Waals surface area contributed by atoms with Gasteiger partial charge >= 0.3 is 0 Å². The molecular formula is C31H36N4OS. The van der Waals surface area contributed by atoms with E-state index in [9.17, 15) is 4.79 Å². The van der Waals surface area contributed by atoms with Crippen molar-refractivity contribution in [3.63, 3.8) is 0 Å². The fourth-order valence-electron chi connectivity index (χ4n) is 5.30. The number of aromatic nitrogens is 2. The summed E-state index contributed by atoms with van der Waals surface area (Å²) in [5.74, 6) is 2.82. The Bertz CT molecular complexity index is 1390. The predicted molar refractivity (Wildman–Crippen MR) is 154 cm³/mol. The molecule has 192 valence electrons. The molecule has 0 N–H and O–H groups in total. The Labute approximate surface area is 224 Å². The zero-order valence-electron chi connectivity index (χ0n) is 22.5. The van der Waals surface area contributed by atoms with Crippen molar-refractivity contribution < 1.29 is 4.79 Å². The molecule has 0 atom stereocenters. The van der Waals surface area contributed by atoms with Crippen LogP contribution < -0.4 is 4.90 Å². The standard InChI is InChI=1S/C31H36N4OS/c1-20(2)25-11-13-26(14-12-25)34(5)29-27-21(3)28(37-30(27)33-22(4)32-29)31(36)35-17-15-24(16-18-35)19-23-9-7-6-8-10-23/h6-14,20,24H,15-19H2,1-5H3. The molecule has 0 unspecified atom stereocenters. The third-order valence-corrected chi connectivity index (χ3v) is 8.78. The summed E-state index contributed by atoms with van der Waals surface area (Å²) in [5, 5.41) is 0.980. The highest BCUT2D eigenvalue weighted by molar-refractivity contribution is 7.20. The van der Waals surface area contributed by atoms with E-state index in [0.717, 1.165) is 70.3 Å². The first-order chi connectivity index (χ1) is 17.8. The summed E-state index contributed by atoms with van der Waals surface area (Å²) in [7, 11) is 2.04. The van der Waals surface area contributed by atoms with E-state index in [-0.39, 0.29) is 5.91 Å². The smallest absolute Gasteiger partial charge is 0.264 e. The third kappa shape index (κ3) is 5.26. The van der Waals surface area contributed by atoms with Crippen LogP contribution in [0.15, 0.2) is 54.6 Å². The topological polar surface area (TPSA) is 49.3 Å². The summed E-state index contributed by atoms with van der Waals surface area (Å²) < 4.78 is 0. The summed E-state index contributed by atoms with van der Waals surface area (Å²) in [6, 6.07) is 19.3. The molecule has 5 nitrogen and oxygen atoms in total. The van der Waals surface area contributed by atoms with E-state index in [1.807, 2.05) is 25.8 Å². The van der Waals surface area contributed by atoms with Gasteiger partial charge in [-0.05, 0) is 73.8 Å². The average Bonchev–Trinajstić information content (AvgIpc) is 3.24. The zero-order valence-corrected chi connectivity index (χ0v) is 23.3. The first kappa shape index (κ1) is 25.4. The number of fused-ring (bicyclic) bond motifs is 1. The second-order valence-corrected chi connectivity index (χ2v) is 11.6. The molecule has 4 aromatic rings. The second kappa shape index (κ2) is 10.6.